The molecular weight excluding hydrogens is 280 g/mol. The first-order chi connectivity index (χ1) is 8.99. The van der Waals surface area contributed by atoms with Crippen LogP contribution in [0, 0.1) is 18.8 Å². The van der Waals surface area contributed by atoms with Crippen molar-refractivity contribution in [3.63, 3.8) is 0 Å². The molecule has 2 aliphatic rings. The summed E-state index contributed by atoms with van der Waals surface area (Å²) in [5, 5.41) is 0. The molecule has 106 valence electrons. The lowest BCUT2D eigenvalue weighted by Gasteiger charge is -2.22. The average Bonchev–Trinajstić information content (AvgIpc) is 3.02. The van der Waals surface area contributed by atoms with Gasteiger partial charge < -0.3 is 5.73 Å². The predicted molar refractivity (Wildman–Crippen MR) is 76.5 cm³/mol. The van der Waals surface area contributed by atoms with Crippen LogP contribution in [0.3, 0.4) is 0 Å². The minimum atomic E-state index is -3.36. The molecule has 0 spiro atoms. The van der Waals surface area contributed by atoms with Crippen LogP contribution in [0.5, 0.6) is 0 Å². The fraction of sp³-hybridized carbons (Fsp3) is 0.692. The van der Waals surface area contributed by atoms with Crippen molar-refractivity contribution in [3.05, 3.63) is 16.5 Å². The van der Waals surface area contributed by atoms with Crippen molar-refractivity contribution in [2.75, 3.05) is 0 Å². The number of sulfonamides is 1. The number of hydrogen-bond acceptors (Lipinski definition) is 4. The third-order valence-corrected chi connectivity index (χ3v) is 7.72. The van der Waals surface area contributed by atoms with Gasteiger partial charge in [0.15, 0.2) is 0 Å². The molecule has 0 radical (unpaired) electrons. The van der Waals surface area contributed by atoms with Crippen molar-refractivity contribution >= 4 is 21.4 Å². The molecule has 3 atom stereocenters. The van der Waals surface area contributed by atoms with Crippen LogP contribution in [0.4, 0.5) is 0 Å². The number of aryl methyl sites for hydroxylation is 1. The Hall–Kier alpha value is -0.430. The van der Waals surface area contributed by atoms with Crippen molar-refractivity contribution < 1.29 is 8.42 Å². The summed E-state index contributed by atoms with van der Waals surface area (Å²) < 4.78 is 28.1. The van der Waals surface area contributed by atoms with Crippen molar-refractivity contribution in [2.24, 2.45) is 17.6 Å². The number of fused-ring (bicyclic) bond motifs is 2. The fourth-order valence-electron chi connectivity index (χ4n) is 3.47. The zero-order valence-corrected chi connectivity index (χ0v) is 12.7. The van der Waals surface area contributed by atoms with Gasteiger partial charge in [-0.1, -0.05) is 6.42 Å². The maximum absolute atomic E-state index is 12.4. The molecule has 0 saturated heterocycles. The Morgan fingerprint density at radius 1 is 1.42 bits per heavy atom. The monoisotopic (exact) mass is 300 g/mol. The van der Waals surface area contributed by atoms with E-state index in [-0.39, 0.29) is 6.04 Å². The summed E-state index contributed by atoms with van der Waals surface area (Å²) in [4.78, 5) is 0.952. The van der Waals surface area contributed by atoms with Crippen molar-refractivity contribution in [3.8, 4) is 0 Å². The molecule has 3 rings (SSSR count). The topological polar surface area (TPSA) is 72.2 Å². The molecule has 6 heteroatoms. The van der Waals surface area contributed by atoms with E-state index < -0.39 is 10.0 Å². The molecule has 0 aromatic carbocycles. The maximum atomic E-state index is 12.4. The molecule has 3 N–H and O–H groups in total. The second kappa shape index (κ2) is 4.84. The minimum Gasteiger partial charge on any atom is -0.326 e. The lowest BCUT2D eigenvalue weighted by molar-refractivity contribution is 0.390. The molecule has 1 heterocycles. The highest BCUT2D eigenvalue weighted by Crippen LogP contribution is 2.45. The highest BCUT2D eigenvalue weighted by molar-refractivity contribution is 7.91. The number of rotatable bonds is 4. The van der Waals surface area contributed by atoms with Crippen molar-refractivity contribution in [2.45, 2.75) is 49.4 Å². The lowest BCUT2D eigenvalue weighted by atomic mass is 9.96. The SMILES string of the molecule is Cc1cc(S(=O)(=O)NC2CC3CCC2C3)sc1CN. The van der Waals surface area contributed by atoms with Gasteiger partial charge in [0.2, 0.25) is 10.0 Å². The van der Waals surface area contributed by atoms with Gasteiger partial charge in [-0.05, 0) is 49.7 Å². The van der Waals surface area contributed by atoms with E-state index in [0.29, 0.717) is 16.7 Å². The largest absolute Gasteiger partial charge is 0.326 e. The van der Waals surface area contributed by atoms with Crippen LogP contribution < -0.4 is 10.5 Å². The van der Waals surface area contributed by atoms with Crippen LogP contribution in [0.1, 0.15) is 36.1 Å². The van der Waals surface area contributed by atoms with Gasteiger partial charge in [-0.25, -0.2) is 13.1 Å². The lowest BCUT2D eigenvalue weighted by Crippen LogP contribution is -2.38. The Bertz CT molecular complexity index is 579. The highest BCUT2D eigenvalue weighted by atomic mass is 32.2. The molecule has 3 unspecified atom stereocenters. The minimum absolute atomic E-state index is 0.146. The molecule has 2 fully saturated rings. The van der Waals surface area contributed by atoms with Crippen molar-refractivity contribution in [1.82, 2.24) is 4.72 Å². The van der Waals surface area contributed by atoms with Gasteiger partial charge in [0.25, 0.3) is 0 Å². The third-order valence-electron chi connectivity index (χ3n) is 4.49. The van der Waals surface area contributed by atoms with E-state index in [1.54, 1.807) is 6.07 Å². The van der Waals surface area contributed by atoms with E-state index in [9.17, 15) is 8.42 Å². The van der Waals surface area contributed by atoms with Gasteiger partial charge in [-0.3, -0.25) is 0 Å². The first-order valence-corrected chi connectivity index (χ1v) is 9.11. The third kappa shape index (κ3) is 2.46. The van der Waals surface area contributed by atoms with E-state index in [1.165, 1.54) is 30.6 Å². The van der Waals surface area contributed by atoms with Gasteiger partial charge in [0, 0.05) is 17.5 Å². The quantitative estimate of drug-likeness (QED) is 0.893. The Morgan fingerprint density at radius 3 is 2.74 bits per heavy atom. The van der Waals surface area contributed by atoms with Gasteiger partial charge in [0.05, 0.1) is 0 Å². The van der Waals surface area contributed by atoms with E-state index in [2.05, 4.69) is 4.72 Å². The summed E-state index contributed by atoms with van der Waals surface area (Å²) in [6, 6.07) is 1.88. The van der Waals surface area contributed by atoms with Crippen LogP contribution in [-0.4, -0.2) is 14.5 Å². The zero-order valence-electron chi connectivity index (χ0n) is 11.1. The second-order valence-corrected chi connectivity index (χ2v) is 8.86. The number of hydrogen-bond donors (Lipinski definition) is 2. The Balaban J connectivity index is 1.78. The summed E-state index contributed by atoms with van der Waals surface area (Å²) in [7, 11) is -3.36. The maximum Gasteiger partial charge on any atom is 0.250 e. The Kier molecular flexibility index (Phi) is 3.45. The molecule has 0 amide bonds. The van der Waals surface area contributed by atoms with Crippen molar-refractivity contribution in [1.29, 1.82) is 0 Å². The number of nitrogens with one attached hydrogen (secondary N) is 1. The summed E-state index contributed by atoms with van der Waals surface area (Å²) in [6.07, 6.45) is 4.66. The van der Waals surface area contributed by atoms with E-state index in [4.69, 9.17) is 5.73 Å². The fourth-order valence-corrected chi connectivity index (χ4v) is 6.27. The Morgan fingerprint density at radius 2 is 2.21 bits per heavy atom. The molecule has 2 saturated carbocycles. The van der Waals surface area contributed by atoms with E-state index in [1.807, 2.05) is 6.92 Å². The first kappa shape index (κ1) is 13.5. The molecule has 19 heavy (non-hydrogen) atoms. The summed E-state index contributed by atoms with van der Waals surface area (Å²) in [6.45, 7) is 2.31. The summed E-state index contributed by atoms with van der Waals surface area (Å²) in [5.41, 5.74) is 6.59. The first-order valence-electron chi connectivity index (χ1n) is 6.81. The molecule has 2 bridgehead atoms. The van der Waals surface area contributed by atoms with Gasteiger partial charge in [-0.2, -0.15) is 0 Å². The van der Waals surface area contributed by atoms with Crippen LogP contribution in [0.15, 0.2) is 10.3 Å². The van der Waals surface area contributed by atoms with Crippen LogP contribution >= 0.6 is 11.3 Å². The molecule has 4 nitrogen and oxygen atoms in total. The standard InChI is InChI=1S/C13H20N2O2S2/c1-8-4-13(18-12(8)7-14)19(16,17)15-11-6-9-2-3-10(11)5-9/h4,9-11,15H,2-3,5-7,14H2,1H3. The van der Waals surface area contributed by atoms with E-state index >= 15 is 0 Å². The Labute approximate surface area is 118 Å². The van der Waals surface area contributed by atoms with Gasteiger partial charge in [-0.15, -0.1) is 11.3 Å². The normalized spacial score (nSPS) is 30.1. The smallest absolute Gasteiger partial charge is 0.250 e. The molecule has 0 aliphatic heterocycles. The van der Waals surface area contributed by atoms with Gasteiger partial charge in [0.1, 0.15) is 4.21 Å². The number of thiophene rings is 1. The van der Waals surface area contributed by atoms with E-state index in [0.717, 1.165) is 22.8 Å². The molecule has 1 aromatic heterocycles. The second-order valence-electron chi connectivity index (χ2n) is 5.78. The number of nitrogens with two attached hydrogens (primary N) is 1. The predicted octanol–water partition coefficient (Wildman–Crippen LogP) is 1.98. The highest BCUT2D eigenvalue weighted by Gasteiger charge is 2.41. The van der Waals surface area contributed by atoms with Crippen LogP contribution in [0.25, 0.3) is 0 Å². The van der Waals surface area contributed by atoms with Crippen LogP contribution in [-0.2, 0) is 16.6 Å². The molecule has 2 aliphatic carbocycles. The molecular formula is C13H20N2O2S2. The summed E-state index contributed by atoms with van der Waals surface area (Å²) >= 11 is 1.29. The zero-order chi connectivity index (χ0) is 13.6. The summed E-state index contributed by atoms with van der Waals surface area (Å²) in [5.74, 6) is 1.29. The van der Waals surface area contributed by atoms with Crippen LogP contribution in [0.2, 0.25) is 0 Å². The average molecular weight is 300 g/mol. The molecule has 1 aromatic rings. The van der Waals surface area contributed by atoms with Gasteiger partial charge >= 0.3 is 0 Å².